The second-order valence-corrected chi connectivity index (χ2v) is 6.48. The van der Waals surface area contributed by atoms with Gasteiger partial charge >= 0.3 is 0 Å². The van der Waals surface area contributed by atoms with E-state index >= 15 is 0 Å². The number of aromatic nitrogens is 4. The molecule has 2 heterocycles. The molecule has 0 aliphatic heterocycles. The zero-order chi connectivity index (χ0) is 17.1. The molecule has 0 aliphatic carbocycles. The standard InChI is InChI=1S/C16H15BrClN5O/c1-2-22-9-12(7-19-22)16(24)20-15-14(17)10-23(21-15)8-11-3-5-13(18)6-4-11/h3-7,9-10H,2,8H2,1H3,(H,20,21,24). The Bertz CT molecular complexity index is 856. The van der Waals surface area contributed by atoms with E-state index in [1.165, 1.54) is 6.20 Å². The first-order chi connectivity index (χ1) is 11.5. The van der Waals surface area contributed by atoms with Crippen molar-refractivity contribution in [2.75, 3.05) is 5.32 Å². The Balaban J connectivity index is 1.71. The number of carbonyl (C=O) groups is 1. The molecule has 0 fully saturated rings. The fraction of sp³-hybridized carbons (Fsp3) is 0.188. The molecular formula is C16H15BrClN5O. The van der Waals surface area contributed by atoms with Crippen molar-refractivity contribution >= 4 is 39.3 Å². The summed E-state index contributed by atoms with van der Waals surface area (Å²) in [5.41, 5.74) is 1.56. The van der Waals surface area contributed by atoms with Gasteiger partial charge in [-0.15, -0.1) is 0 Å². The van der Waals surface area contributed by atoms with Crippen molar-refractivity contribution in [3.8, 4) is 0 Å². The van der Waals surface area contributed by atoms with Crippen molar-refractivity contribution in [3.05, 3.63) is 63.5 Å². The number of halogens is 2. The predicted octanol–water partition coefficient (Wildman–Crippen LogP) is 3.82. The Morgan fingerprint density at radius 3 is 2.67 bits per heavy atom. The molecule has 0 radical (unpaired) electrons. The van der Waals surface area contributed by atoms with E-state index in [2.05, 4.69) is 31.4 Å². The molecule has 0 bridgehead atoms. The van der Waals surface area contributed by atoms with E-state index in [0.717, 1.165) is 5.56 Å². The molecule has 0 atom stereocenters. The van der Waals surface area contributed by atoms with Gasteiger partial charge in [0.1, 0.15) is 0 Å². The molecule has 6 nitrogen and oxygen atoms in total. The van der Waals surface area contributed by atoms with Gasteiger partial charge in [0.05, 0.1) is 22.8 Å². The highest BCUT2D eigenvalue weighted by molar-refractivity contribution is 9.10. The first-order valence-corrected chi connectivity index (χ1v) is 8.53. The third kappa shape index (κ3) is 3.85. The van der Waals surface area contributed by atoms with Gasteiger partial charge in [0.15, 0.2) is 5.82 Å². The summed E-state index contributed by atoms with van der Waals surface area (Å²) in [7, 11) is 0. The third-order valence-corrected chi connectivity index (χ3v) is 4.26. The normalized spacial score (nSPS) is 10.8. The maximum Gasteiger partial charge on any atom is 0.260 e. The molecule has 3 aromatic rings. The number of rotatable bonds is 5. The van der Waals surface area contributed by atoms with Gasteiger partial charge in [-0.2, -0.15) is 10.2 Å². The second-order valence-electron chi connectivity index (χ2n) is 5.19. The summed E-state index contributed by atoms with van der Waals surface area (Å²) in [5, 5.41) is 12.0. The lowest BCUT2D eigenvalue weighted by atomic mass is 10.2. The van der Waals surface area contributed by atoms with Crippen LogP contribution in [0, 0.1) is 0 Å². The van der Waals surface area contributed by atoms with Gasteiger partial charge in [-0.05, 0) is 40.5 Å². The summed E-state index contributed by atoms with van der Waals surface area (Å²) in [4.78, 5) is 12.3. The number of nitrogens with one attached hydrogen (secondary N) is 1. The number of hydrogen-bond donors (Lipinski definition) is 1. The summed E-state index contributed by atoms with van der Waals surface area (Å²) in [6.45, 7) is 3.26. The smallest absolute Gasteiger partial charge is 0.260 e. The number of nitrogens with zero attached hydrogens (tertiary/aromatic N) is 4. The van der Waals surface area contributed by atoms with Crippen LogP contribution in [0.2, 0.25) is 5.02 Å². The number of benzene rings is 1. The van der Waals surface area contributed by atoms with Crippen LogP contribution in [0.4, 0.5) is 5.82 Å². The second kappa shape index (κ2) is 7.19. The van der Waals surface area contributed by atoms with Gasteiger partial charge in [0.2, 0.25) is 0 Å². The van der Waals surface area contributed by atoms with E-state index < -0.39 is 0 Å². The molecule has 0 spiro atoms. The third-order valence-electron chi connectivity index (χ3n) is 3.43. The van der Waals surface area contributed by atoms with Crippen LogP contribution >= 0.6 is 27.5 Å². The van der Waals surface area contributed by atoms with E-state index in [4.69, 9.17) is 11.6 Å². The predicted molar refractivity (Wildman–Crippen MR) is 96.3 cm³/mol. The summed E-state index contributed by atoms with van der Waals surface area (Å²) in [5.74, 6) is 0.227. The summed E-state index contributed by atoms with van der Waals surface area (Å²) in [6.07, 6.45) is 5.06. The Labute approximate surface area is 152 Å². The topological polar surface area (TPSA) is 64.7 Å². The number of anilines is 1. The highest BCUT2D eigenvalue weighted by Crippen LogP contribution is 2.21. The van der Waals surface area contributed by atoms with Gasteiger partial charge < -0.3 is 5.32 Å². The molecule has 0 unspecified atom stereocenters. The van der Waals surface area contributed by atoms with Crippen LogP contribution in [0.1, 0.15) is 22.8 Å². The summed E-state index contributed by atoms with van der Waals surface area (Å²) in [6, 6.07) is 7.55. The quantitative estimate of drug-likeness (QED) is 0.698. The highest BCUT2D eigenvalue weighted by Gasteiger charge is 2.13. The minimum atomic E-state index is -0.243. The summed E-state index contributed by atoms with van der Waals surface area (Å²) >= 11 is 9.31. The van der Waals surface area contributed by atoms with Gasteiger partial charge in [-0.3, -0.25) is 14.2 Å². The van der Waals surface area contributed by atoms with Crippen molar-refractivity contribution in [1.29, 1.82) is 0 Å². The van der Waals surface area contributed by atoms with Gasteiger partial charge in [-0.25, -0.2) is 0 Å². The van der Waals surface area contributed by atoms with Crippen molar-refractivity contribution < 1.29 is 4.79 Å². The van der Waals surface area contributed by atoms with Gasteiger partial charge in [0, 0.05) is 24.0 Å². The number of hydrogen-bond acceptors (Lipinski definition) is 3. The molecule has 1 N–H and O–H groups in total. The largest absolute Gasteiger partial charge is 0.304 e. The zero-order valence-corrected chi connectivity index (χ0v) is 15.3. The molecule has 0 saturated carbocycles. The fourth-order valence-corrected chi connectivity index (χ4v) is 2.71. The number of amides is 1. The monoisotopic (exact) mass is 407 g/mol. The molecule has 1 aromatic carbocycles. The molecule has 3 rings (SSSR count). The molecule has 124 valence electrons. The fourth-order valence-electron chi connectivity index (χ4n) is 2.17. The first kappa shape index (κ1) is 16.7. The van der Waals surface area contributed by atoms with Crippen molar-refractivity contribution in [1.82, 2.24) is 19.6 Å². The Morgan fingerprint density at radius 1 is 1.25 bits per heavy atom. The van der Waals surface area contributed by atoms with Crippen LogP contribution < -0.4 is 5.32 Å². The van der Waals surface area contributed by atoms with Crippen LogP contribution in [-0.4, -0.2) is 25.5 Å². The molecule has 1 amide bonds. The summed E-state index contributed by atoms with van der Waals surface area (Å²) < 4.78 is 4.16. The van der Waals surface area contributed by atoms with E-state index in [9.17, 15) is 4.79 Å². The maximum absolute atomic E-state index is 12.3. The molecule has 24 heavy (non-hydrogen) atoms. The van der Waals surface area contributed by atoms with E-state index in [0.29, 0.717) is 34.0 Å². The van der Waals surface area contributed by atoms with Crippen LogP contribution in [0.15, 0.2) is 47.3 Å². The lowest BCUT2D eigenvalue weighted by Gasteiger charge is -2.02. The molecular weight excluding hydrogens is 394 g/mol. The molecule has 0 saturated heterocycles. The Morgan fingerprint density at radius 2 is 2.00 bits per heavy atom. The lowest BCUT2D eigenvalue weighted by Crippen LogP contribution is -2.12. The molecule has 8 heteroatoms. The maximum atomic E-state index is 12.3. The van der Waals surface area contributed by atoms with Crippen LogP contribution in [-0.2, 0) is 13.1 Å². The zero-order valence-electron chi connectivity index (χ0n) is 12.9. The average Bonchev–Trinajstić information content (AvgIpc) is 3.17. The minimum absolute atomic E-state index is 0.243. The lowest BCUT2D eigenvalue weighted by molar-refractivity contribution is 0.102. The highest BCUT2D eigenvalue weighted by atomic mass is 79.9. The van der Waals surface area contributed by atoms with Crippen LogP contribution in [0.5, 0.6) is 0 Å². The van der Waals surface area contributed by atoms with E-state index in [1.54, 1.807) is 15.6 Å². The minimum Gasteiger partial charge on any atom is -0.304 e. The Hall–Kier alpha value is -2.12. The van der Waals surface area contributed by atoms with E-state index in [1.807, 2.05) is 37.4 Å². The number of aryl methyl sites for hydroxylation is 1. The van der Waals surface area contributed by atoms with Crippen molar-refractivity contribution in [2.45, 2.75) is 20.0 Å². The van der Waals surface area contributed by atoms with Crippen molar-refractivity contribution in [3.63, 3.8) is 0 Å². The van der Waals surface area contributed by atoms with E-state index in [-0.39, 0.29) is 5.91 Å². The number of carbonyl (C=O) groups excluding carboxylic acids is 1. The van der Waals surface area contributed by atoms with Gasteiger partial charge in [-0.1, -0.05) is 23.7 Å². The SMILES string of the molecule is CCn1cc(C(=O)Nc2nn(Cc3ccc(Cl)cc3)cc2Br)cn1. The Kier molecular flexibility index (Phi) is 5.01. The van der Waals surface area contributed by atoms with Crippen LogP contribution in [0.3, 0.4) is 0 Å². The molecule has 2 aromatic heterocycles. The average molecular weight is 409 g/mol. The first-order valence-electron chi connectivity index (χ1n) is 7.36. The van der Waals surface area contributed by atoms with Crippen molar-refractivity contribution in [2.24, 2.45) is 0 Å². The molecule has 0 aliphatic rings. The van der Waals surface area contributed by atoms with Gasteiger partial charge in [0.25, 0.3) is 5.91 Å². The van der Waals surface area contributed by atoms with Crippen LogP contribution in [0.25, 0.3) is 0 Å².